The monoisotopic (exact) mass is 266 g/mol. The van der Waals surface area contributed by atoms with Gasteiger partial charge in [0.2, 0.25) is 11.8 Å². The van der Waals surface area contributed by atoms with Gasteiger partial charge < -0.3 is 5.32 Å². The van der Waals surface area contributed by atoms with E-state index < -0.39 is 4.92 Å². The molecule has 1 aliphatic carbocycles. The Bertz CT molecular complexity index is 472. The van der Waals surface area contributed by atoms with E-state index in [1.54, 1.807) is 6.92 Å². The van der Waals surface area contributed by atoms with Crippen molar-refractivity contribution in [1.29, 1.82) is 0 Å². The first-order chi connectivity index (χ1) is 9.11. The summed E-state index contributed by atoms with van der Waals surface area (Å²) in [6.07, 6.45) is 4.78. The molecule has 4 N–H and O–H groups in total. The molecule has 1 saturated carbocycles. The second-order valence-electron chi connectivity index (χ2n) is 4.76. The number of anilines is 2. The molecule has 8 nitrogen and oxygen atoms in total. The number of nitrogen functional groups attached to an aromatic ring is 1. The van der Waals surface area contributed by atoms with E-state index in [2.05, 4.69) is 20.7 Å². The fraction of sp³-hybridized carbons (Fsp3) is 0.636. The molecule has 1 aromatic rings. The van der Waals surface area contributed by atoms with Crippen LogP contribution in [0.5, 0.6) is 0 Å². The number of rotatable bonds is 5. The molecule has 1 fully saturated rings. The van der Waals surface area contributed by atoms with Gasteiger partial charge in [0.15, 0.2) is 0 Å². The molecular weight excluding hydrogens is 248 g/mol. The predicted octanol–water partition coefficient (Wildman–Crippen LogP) is 1.58. The van der Waals surface area contributed by atoms with Crippen LogP contribution in [0.4, 0.5) is 17.5 Å². The van der Waals surface area contributed by atoms with Crippen molar-refractivity contribution < 1.29 is 4.92 Å². The number of nitro groups is 1. The molecule has 104 valence electrons. The summed E-state index contributed by atoms with van der Waals surface area (Å²) in [4.78, 5) is 18.6. The first kappa shape index (κ1) is 13.5. The highest BCUT2D eigenvalue weighted by atomic mass is 16.6. The SMILES string of the molecule is Cc1nc(NN)nc(NCC2CCCC2)c1[N+](=O)[O-]. The number of hydrazine groups is 1. The molecule has 1 aliphatic rings. The zero-order valence-electron chi connectivity index (χ0n) is 10.8. The summed E-state index contributed by atoms with van der Waals surface area (Å²) >= 11 is 0. The van der Waals surface area contributed by atoms with Crippen molar-refractivity contribution in [2.24, 2.45) is 11.8 Å². The lowest BCUT2D eigenvalue weighted by Crippen LogP contribution is -2.17. The molecule has 0 bridgehead atoms. The third-order valence-electron chi connectivity index (χ3n) is 3.40. The summed E-state index contributed by atoms with van der Waals surface area (Å²) in [6.45, 7) is 2.27. The Labute approximate surface area is 110 Å². The van der Waals surface area contributed by atoms with E-state index in [4.69, 9.17) is 5.84 Å². The molecular formula is C11H18N6O2. The van der Waals surface area contributed by atoms with Crippen molar-refractivity contribution >= 4 is 17.5 Å². The van der Waals surface area contributed by atoms with Gasteiger partial charge in [0, 0.05) is 6.54 Å². The number of aromatic nitrogens is 2. The van der Waals surface area contributed by atoms with Crippen LogP contribution in [0.2, 0.25) is 0 Å². The molecule has 0 spiro atoms. The Morgan fingerprint density at radius 2 is 2.11 bits per heavy atom. The Morgan fingerprint density at radius 3 is 2.68 bits per heavy atom. The van der Waals surface area contributed by atoms with E-state index in [9.17, 15) is 10.1 Å². The fourth-order valence-electron chi connectivity index (χ4n) is 2.43. The Morgan fingerprint density at radius 1 is 1.42 bits per heavy atom. The quantitative estimate of drug-likeness (QED) is 0.420. The largest absolute Gasteiger partial charge is 0.364 e. The highest BCUT2D eigenvalue weighted by Crippen LogP contribution is 2.29. The van der Waals surface area contributed by atoms with Crippen LogP contribution in [-0.4, -0.2) is 21.4 Å². The van der Waals surface area contributed by atoms with Crippen LogP contribution in [0.1, 0.15) is 31.4 Å². The Kier molecular flexibility index (Phi) is 4.10. The van der Waals surface area contributed by atoms with Gasteiger partial charge in [-0.3, -0.25) is 15.5 Å². The molecule has 0 atom stereocenters. The van der Waals surface area contributed by atoms with Crippen molar-refractivity contribution in [2.45, 2.75) is 32.6 Å². The first-order valence-electron chi connectivity index (χ1n) is 6.35. The zero-order chi connectivity index (χ0) is 13.8. The minimum atomic E-state index is -0.466. The molecule has 0 radical (unpaired) electrons. The van der Waals surface area contributed by atoms with Crippen LogP contribution in [0.15, 0.2) is 0 Å². The van der Waals surface area contributed by atoms with Crippen molar-refractivity contribution in [3.05, 3.63) is 15.8 Å². The normalized spacial score (nSPS) is 15.5. The van der Waals surface area contributed by atoms with Crippen molar-refractivity contribution in [3.8, 4) is 0 Å². The van der Waals surface area contributed by atoms with Crippen LogP contribution < -0.4 is 16.6 Å². The summed E-state index contributed by atoms with van der Waals surface area (Å²) in [6, 6.07) is 0. The first-order valence-corrected chi connectivity index (χ1v) is 6.35. The molecule has 1 aromatic heterocycles. The average molecular weight is 266 g/mol. The lowest BCUT2D eigenvalue weighted by molar-refractivity contribution is -0.385. The highest BCUT2D eigenvalue weighted by Gasteiger charge is 2.23. The second-order valence-corrected chi connectivity index (χ2v) is 4.76. The van der Waals surface area contributed by atoms with Crippen LogP contribution in [0.3, 0.4) is 0 Å². The molecule has 1 heterocycles. The minimum absolute atomic E-state index is 0.0861. The molecule has 19 heavy (non-hydrogen) atoms. The molecule has 0 amide bonds. The van der Waals surface area contributed by atoms with Crippen LogP contribution in [0, 0.1) is 23.0 Å². The van der Waals surface area contributed by atoms with E-state index in [1.807, 2.05) is 0 Å². The number of aryl methyl sites for hydroxylation is 1. The summed E-state index contributed by atoms with van der Waals surface area (Å²) in [5.74, 6) is 6.23. The molecule has 0 aliphatic heterocycles. The van der Waals surface area contributed by atoms with Gasteiger partial charge in [-0.05, 0) is 25.7 Å². The number of hydrogen-bond donors (Lipinski definition) is 3. The third-order valence-corrected chi connectivity index (χ3v) is 3.40. The van der Waals surface area contributed by atoms with Gasteiger partial charge in [-0.1, -0.05) is 12.8 Å². The van der Waals surface area contributed by atoms with Gasteiger partial charge in [-0.25, -0.2) is 10.8 Å². The lowest BCUT2D eigenvalue weighted by atomic mass is 10.1. The van der Waals surface area contributed by atoms with Crippen LogP contribution >= 0.6 is 0 Å². The molecule has 0 unspecified atom stereocenters. The van der Waals surface area contributed by atoms with Crippen molar-refractivity contribution in [2.75, 3.05) is 17.3 Å². The fourth-order valence-corrected chi connectivity index (χ4v) is 2.43. The maximum Gasteiger partial charge on any atom is 0.332 e. The lowest BCUT2D eigenvalue weighted by Gasteiger charge is -2.12. The molecule has 2 rings (SSSR count). The maximum atomic E-state index is 11.1. The summed E-state index contributed by atoms with van der Waals surface area (Å²) in [5.41, 5.74) is 2.52. The number of hydrogen-bond acceptors (Lipinski definition) is 7. The van der Waals surface area contributed by atoms with Crippen molar-refractivity contribution in [3.63, 3.8) is 0 Å². The minimum Gasteiger partial charge on any atom is -0.364 e. The Balaban J connectivity index is 2.20. The number of nitrogens with one attached hydrogen (secondary N) is 2. The van der Waals surface area contributed by atoms with Gasteiger partial charge in [-0.15, -0.1) is 0 Å². The average Bonchev–Trinajstić information content (AvgIpc) is 2.88. The summed E-state index contributed by atoms with van der Waals surface area (Å²) < 4.78 is 0. The third kappa shape index (κ3) is 3.08. The van der Waals surface area contributed by atoms with Gasteiger partial charge >= 0.3 is 5.69 Å². The standard InChI is InChI=1S/C11H18N6O2/c1-7-9(17(18)19)10(15-11(14-7)16-12)13-6-8-4-2-3-5-8/h8H,2-6,12H2,1H3,(H2,13,14,15,16). The topological polar surface area (TPSA) is 119 Å². The van der Waals surface area contributed by atoms with E-state index >= 15 is 0 Å². The van der Waals surface area contributed by atoms with Crippen molar-refractivity contribution in [1.82, 2.24) is 9.97 Å². The van der Waals surface area contributed by atoms with E-state index in [1.165, 1.54) is 12.8 Å². The van der Waals surface area contributed by atoms with Crippen LogP contribution in [0.25, 0.3) is 0 Å². The molecule has 0 aromatic carbocycles. The second kappa shape index (κ2) is 5.79. The van der Waals surface area contributed by atoms with Gasteiger partial charge in [-0.2, -0.15) is 4.98 Å². The van der Waals surface area contributed by atoms with E-state index in [0.29, 0.717) is 18.2 Å². The number of nitrogens with two attached hydrogens (primary N) is 1. The maximum absolute atomic E-state index is 11.1. The molecule has 0 saturated heterocycles. The van der Waals surface area contributed by atoms with E-state index in [-0.39, 0.29) is 17.5 Å². The summed E-state index contributed by atoms with van der Waals surface area (Å²) in [5, 5.41) is 14.1. The smallest absolute Gasteiger partial charge is 0.332 e. The highest BCUT2D eigenvalue weighted by molar-refractivity contribution is 5.60. The number of nitrogens with zero attached hydrogens (tertiary/aromatic N) is 3. The predicted molar refractivity (Wildman–Crippen MR) is 71.7 cm³/mol. The van der Waals surface area contributed by atoms with Gasteiger partial charge in [0.25, 0.3) is 0 Å². The van der Waals surface area contributed by atoms with Crippen LogP contribution in [-0.2, 0) is 0 Å². The van der Waals surface area contributed by atoms with E-state index in [0.717, 1.165) is 12.8 Å². The summed E-state index contributed by atoms with van der Waals surface area (Å²) in [7, 11) is 0. The van der Waals surface area contributed by atoms with Gasteiger partial charge in [0.1, 0.15) is 5.69 Å². The van der Waals surface area contributed by atoms with Gasteiger partial charge in [0.05, 0.1) is 4.92 Å². The molecule has 8 heteroatoms. The Hall–Kier alpha value is -1.96. The zero-order valence-corrected chi connectivity index (χ0v) is 10.8.